The maximum absolute atomic E-state index is 5.60. The Bertz CT molecular complexity index is 276. The number of aryl methyl sites for hydroxylation is 1. The number of ether oxygens (including phenoxy) is 2. The quantitative estimate of drug-likeness (QED) is 0.706. The summed E-state index contributed by atoms with van der Waals surface area (Å²) in [7, 11) is 1.63. The Hall–Kier alpha value is -1.29. The van der Waals surface area contributed by atoms with Crippen molar-refractivity contribution >= 4 is 5.69 Å². The second-order valence-corrected chi connectivity index (χ2v) is 2.72. The van der Waals surface area contributed by atoms with Crippen LogP contribution in [-0.2, 0) is 4.74 Å². The van der Waals surface area contributed by atoms with Crippen molar-refractivity contribution in [3.63, 3.8) is 0 Å². The third-order valence-corrected chi connectivity index (χ3v) is 1.66. The highest BCUT2D eigenvalue weighted by atomic mass is 16.5. The van der Waals surface area contributed by atoms with Crippen LogP contribution in [0.3, 0.4) is 0 Å². The molecular formula is C9H14N2O2. The predicted octanol–water partition coefficient (Wildman–Crippen LogP) is 0.997. The number of nitrogens with zero attached hydrogens (tertiary/aromatic N) is 1. The summed E-state index contributed by atoms with van der Waals surface area (Å²) in [5.74, 6) is 0.587. The van der Waals surface area contributed by atoms with E-state index in [0.717, 1.165) is 5.56 Å². The zero-order valence-corrected chi connectivity index (χ0v) is 7.91. The van der Waals surface area contributed by atoms with Gasteiger partial charge in [-0.2, -0.15) is 0 Å². The zero-order chi connectivity index (χ0) is 9.68. The first-order valence-electron chi connectivity index (χ1n) is 4.08. The lowest BCUT2D eigenvalue weighted by Gasteiger charge is -2.05. The molecule has 0 bridgehead atoms. The summed E-state index contributed by atoms with van der Waals surface area (Å²) in [4.78, 5) is 4.01. The van der Waals surface area contributed by atoms with Gasteiger partial charge in [0.1, 0.15) is 6.61 Å². The molecule has 0 spiro atoms. The summed E-state index contributed by atoms with van der Waals surface area (Å²) < 4.78 is 10.1. The Morgan fingerprint density at radius 1 is 1.46 bits per heavy atom. The molecule has 0 saturated heterocycles. The second kappa shape index (κ2) is 4.67. The van der Waals surface area contributed by atoms with Crippen molar-refractivity contribution in [1.82, 2.24) is 4.98 Å². The number of aromatic nitrogens is 1. The monoisotopic (exact) mass is 182 g/mol. The molecule has 0 aliphatic heterocycles. The van der Waals surface area contributed by atoms with E-state index in [1.807, 2.05) is 13.0 Å². The number of hydrogen-bond donors (Lipinski definition) is 1. The minimum Gasteiger partial charge on any atom is -0.475 e. The van der Waals surface area contributed by atoms with E-state index in [-0.39, 0.29) is 0 Å². The van der Waals surface area contributed by atoms with E-state index in [1.165, 1.54) is 0 Å². The average Bonchev–Trinajstić information content (AvgIpc) is 2.12. The molecule has 4 heteroatoms. The molecule has 1 rings (SSSR count). The van der Waals surface area contributed by atoms with Crippen LogP contribution in [0.1, 0.15) is 5.56 Å². The van der Waals surface area contributed by atoms with E-state index in [0.29, 0.717) is 24.8 Å². The van der Waals surface area contributed by atoms with E-state index in [2.05, 4.69) is 4.98 Å². The Morgan fingerprint density at radius 3 is 2.85 bits per heavy atom. The molecular weight excluding hydrogens is 168 g/mol. The lowest BCUT2D eigenvalue weighted by atomic mass is 10.2. The van der Waals surface area contributed by atoms with Crippen LogP contribution in [0.25, 0.3) is 0 Å². The fraction of sp³-hybridized carbons (Fsp3) is 0.444. The number of hydrogen-bond acceptors (Lipinski definition) is 4. The standard InChI is InChI=1S/C9H14N2O2/c1-7-5-9(11-6-8(7)10)13-4-3-12-2/h5-6H,3-4,10H2,1-2H3. The van der Waals surface area contributed by atoms with E-state index in [1.54, 1.807) is 13.3 Å². The maximum Gasteiger partial charge on any atom is 0.213 e. The minimum atomic E-state index is 0.507. The summed E-state index contributed by atoms with van der Waals surface area (Å²) in [5.41, 5.74) is 7.25. The van der Waals surface area contributed by atoms with Gasteiger partial charge in [-0.05, 0) is 12.5 Å². The number of anilines is 1. The minimum absolute atomic E-state index is 0.507. The summed E-state index contributed by atoms with van der Waals surface area (Å²) in [6.45, 7) is 2.98. The fourth-order valence-corrected chi connectivity index (χ4v) is 0.849. The first-order chi connectivity index (χ1) is 6.24. The molecule has 1 aromatic rings. The van der Waals surface area contributed by atoms with Gasteiger partial charge in [0.05, 0.1) is 18.5 Å². The van der Waals surface area contributed by atoms with Crippen LogP contribution in [0.2, 0.25) is 0 Å². The molecule has 0 fully saturated rings. The van der Waals surface area contributed by atoms with Crippen molar-refractivity contribution in [1.29, 1.82) is 0 Å². The Kier molecular flexibility index (Phi) is 3.52. The van der Waals surface area contributed by atoms with Crippen molar-refractivity contribution in [3.8, 4) is 5.88 Å². The van der Waals surface area contributed by atoms with Gasteiger partial charge in [0.2, 0.25) is 5.88 Å². The SMILES string of the molecule is COCCOc1cc(C)c(N)cn1. The summed E-state index contributed by atoms with van der Waals surface area (Å²) in [6, 6.07) is 1.81. The van der Waals surface area contributed by atoms with Crippen LogP contribution in [0.5, 0.6) is 5.88 Å². The van der Waals surface area contributed by atoms with Gasteiger partial charge < -0.3 is 15.2 Å². The van der Waals surface area contributed by atoms with E-state index >= 15 is 0 Å². The molecule has 1 aromatic heterocycles. The Labute approximate surface area is 77.7 Å². The molecule has 0 radical (unpaired) electrons. The number of nitrogens with two attached hydrogens (primary N) is 1. The predicted molar refractivity (Wildman–Crippen MR) is 50.8 cm³/mol. The van der Waals surface area contributed by atoms with E-state index in [4.69, 9.17) is 15.2 Å². The number of methoxy groups -OCH3 is 1. The highest BCUT2D eigenvalue weighted by molar-refractivity contribution is 5.45. The first kappa shape index (κ1) is 9.80. The van der Waals surface area contributed by atoms with Gasteiger partial charge in [-0.15, -0.1) is 0 Å². The molecule has 2 N–H and O–H groups in total. The van der Waals surface area contributed by atoms with Gasteiger partial charge in [-0.1, -0.05) is 0 Å². The maximum atomic E-state index is 5.60. The highest BCUT2D eigenvalue weighted by Gasteiger charge is 1.98. The van der Waals surface area contributed by atoms with E-state index < -0.39 is 0 Å². The fourth-order valence-electron chi connectivity index (χ4n) is 0.849. The molecule has 0 aromatic carbocycles. The topological polar surface area (TPSA) is 57.4 Å². The zero-order valence-electron chi connectivity index (χ0n) is 7.91. The summed E-state index contributed by atoms with van der Waals surface area (Å²) in [5, 5.41) is 0. The van der Waals surface area contributed by atoms with Crippen LogP contribution < -0.4 is 10.5 Å². The number of pyridine rings is 1. The molecule has 1 heterocycles. The second-order valence-electron chi connectivity index (χ2n) is 2.72. The summed E-state index contributed by atoms with van der Waals surface area (Å²) in [6.07, 6.45) is 1.59. The van der Waals surface area contributed by atoms with Crippen molar-refractivity contribution in [2.45, 2.75) is 6.92 Å². The van der Waals surface area contributed by atoms with Crippen LogP contribution in [0.15, 0.2) is 12.3 Å². The number of nitrogen functional groups attached to an aromatic ring is 1. The first-order valence-corrected chi connectivity index (χ1v) is 4.08. The number of rotatable bonds is 4. The third kappa shape index (κ3) is 2.91. The highest BCUT2D eigenvalue weighted by Crippen LogP contribution is 2.14. The van der Waals surface area contributed by atoms with Crippen LogP contribution >= 0.6 is 0 Å². The molecule has 0 saturated carbocycles. The van der Waals surface area contributed by atoms with Gasteiger partial charge in [0.15, 0.2) is 0 Å². The summed E-state index contributed by atoms with van der Waals surface area (Å²) >= 11 is 0. The Morgan fingerprint density at radius 2 is 2.23 bits per heavy atom. The normalized spacial score (nSPS) is 10.0. The van der Waals surface area contributed by atoms with Crippen LogP contribution in [0.4, 0.5) is 5.69 Å². The molecule has 0 aliphatic carbocycles. The molecule has 4 nitrogen and oxygen atoms in total. The molecule has 0 amide bonds. The lowest BCUT2D eigenvalue weighted by Crippen LogP contribution is -2.05. The molecule has 0 aliphatic rings. The third-order valence-electron chi connectivity index (χ3n) is 1.66. The Balaban J connectivity index is 2.53. The van der Waals surface area contributed by atoms with E-state index in [9.17, 15) is 0 Å². The van der Waals surface area contributed by atoms with Gasteiger partial charge in [0, 0.05) is 13.2 Å². The van der Waals surface area contributed by atoms with Crippen molar-refractivity contribution in [2.24, 2.45) is 0 Å². The lowest BCUT2D eigenvalue weighted by molar-refractivity contribution is 0.143. The van der Waals surface area contributed by atoms with Crippen molar-refractivity contribution < 1.29 is 9.47 Å². The van der Waals surface area contributed by atoms with Gasteiger partial charge in [-0.25, -0.2) is 4.98 Å². The van der Waals surface area contributed by atoms with Crippen molar-refractivity contribution in [3.05, 3.63) is 17.8 Å². The smallest absolute Gasteiger partial charge is 0.213 e. The molecule has 0 atom stereocenters. The van der Waals surface area contributed by atoms with Crippen LogP contribution in [0, 0.1) is 6.92 Å². The van der Waals surface area contributed by atoms with Crippen LogP contribution in [-0.4, -0.2) is 25.3 Å². The molecule has 72 valence electrons. The van der Waals surface area contributed by atoms with Crippen molar-refractivity contribution in [2.75, 3.05) is 26.1 Å². The van der Waals surface area contributed by atoms with Gasteiger partial charge in [-0.3, -0.25) is 0 Å². The average molecular weight is 182 g/mol. The molecule has 0 unspecified atom stereocenters. The van der Waals surface area contributed by atoms with Gasteiger partial charge in [0.25, 0.3) is 0 Å². The molecule has 13 heavy (non-hydrogen) atoms. The largest absolute Gasteiger partial charge is 0.475 e. The van der Waals surface area contributed by atoms with Gasteiger partial charge >= 0.3 is 0 Å².